The summed E-state index contributed by atoms with van der Waals surface area (Å²) < 4.78 is 7.20. The summed E-state index contributed by atoms with van der Waals surface area (Å²) in [6.07, 6.45) is 3.21. The summed E-state index contributed by atoms with van der Waals surface area (Å²) in [5.74, 6) is -0.425. The van der Waals surface area contributed by atoms with Crippen LogP contribution in [0.5, 0.6) is 0 Å². The average molecular weight is 300 g/mol. The van der Waals surface area contributed by atoms with E-state index < -0.39 is 5.97 Å². The van der Waals surface area contributed by atoms with E-state index in [0.717, 1.165) is 4.70 Å². The van der Waals surface area contributed by atoms with Crippen molar-refractivity contribution in [3.8, 4) is 0 Å². The van der Waals surface area contributed by atoms with Gasteiger partial charge in [-0.1, -0.05) is 0 Å². The first-order valence-corrected chi connectivity index (χ1v) is 7.17. The predicted molar refractivity (Wildman–Crippen MR) is 80.8 cm³/mol. The number of esters is 1. The van der Waals surface area contributed by atoms with Crippen LogP contribution in [0.3, 0.4) is 0 Å². The molecular formula is C15H12N2O3S. The van der Waals surface area contributed by atoms with Crippen molar-refractivity contribution in [2.45, 2.75) is 6.54 Å². The fraction of sp³-hybridized carbons (Fsp3) is 0.133. The van der Waals surface area contributed by atoms with E-state index in [1.165, 1.54) is 13.3 Å². The van der Waals surface area contributed by atoms with Crippen molar-refractivity contribution in [3.63, 3.8) is 0 Å². The summed E-state index contributed by atoms with van der Waals surface area (Å²) in [6, 6.07) is 7.11. The Labute approximate surface area is 124 Å². The van der Waals surface area contributed by atoms with E-state index in [4.69, 9.17) is 0 Å². The lowest BCUT2D eigenvalue weighted by Crippen LogP contribution is -2.20. The molecule has 3 heterocycles. The minimum absolute atomic E-state index is 0.0346. The number of pyridine rings is 2. The van der Waals surface area contributed by atoms with Crippen LogP contribution in [0, 0.1) is 0 Å². The number of methoxy groups -OCH3 is 1. The van der Waals surface area contributed by atoms with Crippen LogP contribution < -0.4 is 5.56 Å². The lowest BCUT2D eigenvalue weighted by molar-refractivity contribution is 0.0600. The number of hydrogen-bond donors (Lipinski definition) is 0. The highest BCUT2D eigenvalue weighted by atomic mass is 32.1. The maximum absolute atomic E-state index is 12.3. The Morgan fingerprint density at radius 3 is 2.90 bits per heavy atom. The molecule has 106 valence electrons. The molecular weight excluding hydrogens is 288 g/mol. The van der Waals surface area contributed by atoms with Crippen molar-refractivity contribution in [1.29, 1.82) is 0 Å². The van der Waals surface area contributed by atoms with Gasteiger partial charge in [0.25, 0.3) is 5.56 Å². The summed E-state index contributed by atoms with van der Waals surface area (Å²) in [7, 11) is 1.33. The molecule has 0 radical (unpaired) electrons. The van der Waals surface area contributed by atoms with Gasteiger partial charge in [-0.25, -0.2) is 4.79 Å². The van der Waals surface area contributed by atoms with Crippen molar-refractivity contribution in [1.82, 2.24) is 9.55 Å². The maximum Gasteiger partial charge on any atom is 0.339 e. The summed E-state index contributed by atoms with van der Waals surface area (Å²) in [5.41, 5.74) is 1.06. The van der Waals surface area contributed by atoms with Crippen LogP contribution in [0.1, 0.15) is 16.1 Å². The number of hydrogen-bond acceptors (Lipinski definition) is 5. The van der Waals surface area contributed by atoms with Crippen molar-refractivity contribution in [2.75, 3.05) is 7.11 Å². The molecule has 3 aromatic heterocycles. The van der Waals surface area contributed by atoms with E-state index in [0.29, 0.717) is 23.2 Å². The summed E-state index contributed by atoms with van der Waals surface area (Å²) in [6.45, 7) is 0.367. The fourth-order valence-corrected chi connectivity index (χ4v) is 2.83. The quantitative estimate of drug-likeness (QED) is 0.696. The molecule has 0 fully saturated rings. The molecule has 21 heavy (non-hydrogen) atoms. The highest BCUT2D eigenvalue weighted by Gasteiger charge is 2.07. The molecule has 0 unspecified atom stereocenters. The normalized spacial score (nSPS) is 10.7. The largest absolute Gasteiger partial charge is 0.465 e. The van der Waals surface area contributed by atoms with Gasteiger partial charge in [0.2, 0.25) is 0 Å². The van der Waals surface area contributed by atoms with Crippen molar-refractivity contribution >= 4 is 27.4 Å². The molecule has 0 N–H and O–H groups in total. The molecule has 0 saturated heterocycles. The van der Waals surface area contributed by atoms with Gasteiger partial charge in [0.05, 0.1) is 30.3 Å². The van der Waals surface area contributed by atoms with Crippen molar-refractivity contribution in [2.24, 2.45) is 0 Å². The molecule has 0 saturated carbocycles. The maximum atomic E-state index is 12.3. The van der Waals surface area contributed by atoms with Gasteiger partial charge in [-0.05, 0) is 29.6 Å². The first-order valence-electron chi connectivity index (χ1n) is 6.29. The highest BCUT2D eigenvalue weighted by Crippen LogP contribution is 2.16. The van der Waals surface area contributed by atoms with Gasteiger partial charge in [0.15, 0.2) is 0 Å². The second-order valence-electron chi connectivity index (χ2n) is 4.48. The Balaban J connectivity index is 1.90. The number of aromatic nitrogens is 2. The molecule has 0 atom stereocenters. The molecule has 0 aliphatic heterocycles. The van der Waals surface area contributed by atoms with Crippen LogP contribution in [-0.4, -0.2) is 22.6 Å². The number of nitrogens with zero attached hydrogens (tertiary/aromatic N) is 2. The fourth-order valence-electron chi connectivity index (χ4n) is 2.06. The predicted octanol–water partition coefficient (Wildman–Crippen LogP) is 2.29. The number of carbonyl (C=O) groups excluding carboxylic acids is 1. The van der Waals surface area contributed by atoms with Crippen LogP contribution >= 0.6 is 11.3 Å². The monoisotopic (exact) mass is 300 g/mol. The van der Waals surface area contributed by atoms with Crippen LogP contribution in [0.15, 0.2) is 46.8 Å². The summed E-state index contributed by atoms with van der Waals surface area (Å²) in [5, 5.41) is 2.62. The molecule has 3 rings (SSSR count). The van der Waals surface area contributed by atoms with Gasteiger partial charge >= 0.3 is 5.97 Å². The molecule has 0 aromatic carbocycles. The van der Waals surface area contributed by atoms with E-state index >= 15 is 0 Å². The summed E-state index contributed by atoms with van der Waals surface area (Å²) >= 11 is 1.54. The number of ether oxygens (including phenoxy) is 1. The van der Waals surface area contributed by atoms with Crippen LogP contribution in [-0.2, 0) is 11.3 Å². The third kappa shape index (κ3) is 2.57. The smallest absolute Gasteiger partial charge is 0.339 e. The molecule has 0 aliphatic carbocycles. The van der Waals surface area contributed by atoms with Gasteiger partial charge in [-0.2, -0.15) is 0 Å². The minimum atomic E-state index is -0.425. The third-order valence-corrected chi connectivity index (χ3v) is 4.05. The van der Waals surface area contributed by atoms with Gasteiger partial charge in [0, 0.05) is 17.1 Å². The zero-order valence-electron chi connectivity index (χ0n) is 11.3. The van der Waals surface area contributed by atoms with Crippen LogP contribution in [0.25, 0.3) is 10.1 Å². The highest BCUT2D eigenvalue weighted by molar-refractivity contribution is 7.17. The van der Waals surface area contributed by atoms with E-state index in [9.17, 15) is 9.59 Å². The molecule has 3 aromatic rings. The number of fused-ring (bicyclic) bond motifs is 1. The van der Waals surface area contributed by atoms with Gasteiger partial charge in [-0.15, -0.1) is 11.3 Å². The van der Waals surface area contributed by atoms with Gasteiger partial charge < -0.3 is 9.30 Å². The lowest BCUT2D eigenvalue weighted by Gasteiger charge is -2.06. The number of rotatable bonds is 3. The van der Waals surface area contributed by atoms with Gasteiger partial charge in [0.1, 0.15) is 0 Å². The molecule has 6 heteroatoms. The van der Waals surface area contributed by atoms with E-state index in [1.807, 2.05) is 17.5 Å². The van der Waals surface area contributed by atoms with Crippen LogP contribution in [0.2, 0.25) is 0 Å². The van der Waals surface area contributed by atoms with Gasteiger partial charge in [-0.3, -0.25) is 9.78 Å². The Kier molecular flexibility index (Phi) is 3.53. The average Bonchev–Trinajstić information content (AvgIpc) is 2.99. The SMILES string of the molecule is COC(=O)c1ccc(Cn2ccc3sccc3c2=O)nc1. The number of carbonyl (C=O) groups is 1. The van der Waals surface area contributed by atoms with E-state index in [1.54, 1.807) is 34.2 Å². The molecule has 0 amide bonds. The molecule has 0 spiro atoms. The number of thiophene rings is 1. The standard InChI is InChI=1S/C15H12N2O3S/c1-20-15(19)10-2-3-11(16-8-10)9-17-6-4-13-12(14(17)18)5-7-21-13/h2-8H,9H2,1H3. The Morgan fingerprint density at radius 1 is 1.33 bits per heavy atom. The molecule has 5 nitrogen and oxygen atoms in total. The van der Waals surface area contributed by atoms with E-state index in [-0.39, 0.29) is 5.56 Å². The zero-order chi connectivity index (χ0) is 14.8. The Hall–Kier alpha value is -2.47. The lowest BCUT2D eigenvalue weighted by atomic mass is 10.2. The summed E-state index contributed by atoms with van der Waals surface area (Å²) in [4.78, 5) is 27.8. The Morgan fingerprint density at radius 2 is 2.19 bits per heavy atom. The van der Waals surface area contributed by atoms with Crippen molar-refractivity contribution < 1.29 is 9.53 Å². The Bertz CT molecular complexity index is 849. The first-order chi connectivity index (χ1) is 10.2. The second kappa shape index (κ2) is 5.49. The molecule has 0 aliphatic rings. The van der Waals surface area contributed by atoms with Crippen molar-refractivity contribution in [3.05, 3.63) is 63.7 Å². The first kappa shape index (κ1) is 13.5. The third-order valence-electron chi connectivity index (χ3n) is 3.17. The second-order valence-corrected chi connectivity index (χ2v) is 5.42. The van der Waals surface area contributed by atoms with E-state index in [2.05, 4.69) is 9.72 Å². The van der Waals surface area contributed by atoms with Crippen LogP contribution in [0.4, 0.5) is 0 Å². The zero-order valence-corrected chi connectivity index (χ0v) is 12.1. The topological polar surface area (TPSA) is 61.2 Å². The molecule has 0 bridgehead atoms. The minimum Gasteiger partial charge on any atom is -0.465 e.